The minimum absolute atomic E-state index is 0.00405. The van der Waals surface area contributed by atoms with Gasteiger partial charge in [-0.3, -0.25) is 9.59 Å². The van der Waals surface area contributed by atoms with Gasteiger partial charge in [0.1, 0.15) is 6.10 Å². The van der Waals surface area contributed by atoms with E-state index in [1.54, 1.807) is 0 Å². The third kappa shape index (κ3) is 30.8. The average molecular weight is 549 g/mol. The van der Waals surface area contributed by atoms with Crippen molar-refractivity contribution in [1.82, 2.24) is 0 Å². The topological polar surface area (TPSA) is 63.6 Å². The van der Waals surface area contributed by atoms with Crippen molar-refractivity contribution >= 4 is 11.9 Å². The van der Waals surface area contributed by atoms with Gasteiger partial charge >= 0.3 is 11.9 Å². The lowest BCUT2D eigenvalue weighted by Crippen LogP contribution is -2.18. The Morgan fingerprint density at radius 1 is 0.564 bits per heavy atom. The second-order valence-corrected chi connectivity index (χ2v) is 11.3. The van der Waals surface area contributed by atoms with Gasteiger partial charge in [0.25, 0.3) is 0 Å². The fraction of sp³-hybridized carbons (Fsp3) is 0.829. The van der Waals surface area contributed by atoms with Gasteiger partial charge in [0.2, 0.25) is 0 Å². The fourth-order valence-electron chi connectivity index (χ4n) is 4.92. The molecule has 0 radical (unpaired) electrons. The van der Waals surface area contributed by atoms with Gasteiger partial charge in [-0.25, -0.2) is 0 Å². The van der Waals surface area contributed by atoms with E-state index in [2.05, 4.69) is 38.2 Å². The van der Waals surface area contributed by atoms with Gasteiger partial charge < -0.3 is 9.84 Å². The second-order valence-electron chi connectivity index (χ2n) is 11.3. The maximum atomic E-state index is 12.5. The number of carboxylic acid groups (broad SMARTS) is 1. The van der Waals surface area contributed by atoms with Crippen LogP contribution in [0.15, 0.2) is 24.3 Å². The number of aliphatic carboxylic acids is 1. The number of hydrogen-bond acceptors (Lipinski definition) is 3. The maximum Gasteiger partial charge on any atom is 0.306 e. The van der Waals surface area contributed by atoms with Gasteiger partial charge in [-0.1, -0.05) is 122 Å². The largest absolute Gasteiger partial charge is 0.481 e. The first-order valence-corrected chi connectivity index (χ1v) is 16.8. The number of hydrogen-bond donors (Lipinski definition) is 1. The SMILES string of the molecule is CCCCC/C=C\C/C=C\CCCCCCCCCC(=O)OC(CCCCCCCC)CCCCCC(=O)O. The van der Waals surface area contributed by atoms with Gasteiger partial charge in [-0.15, -0.1) is 0 Å². The van der Waals surface area contributed by atoms with Crippen molar-refractivity contribution in [3.63, 3.8) is 0 Å². The van der Waals surface area contributed by atoms with Crippen molar-refractivity contribution in [2.45, 2.75) is 187 Å². The van der Waals surface area contributed by atoms with E-state index in [0.29, 0.717) is 12.8 Å². The van der Waals surface area contributed by atoms with Crippen molar-refractivity contribution in [1.29, 1.82) is 0 Å². The molecule has 0 aliphatic heterocycles. The van der Waals surface area contributed by atoms with Crippen LogP contribution in [0.3, 0.4) is 0 Å². The van der Waals surface area contributed by atoms with Gasteiger partial charge in [0, 0.05) is 12.8 Å². The fourth-order valence-corrected chi connectivity index (χ4v) is 4.92. The summed E-state index contributed by atoms with van der Waals surface area (Å²) in [6, 6.07) is 0. The first kappa shape index (κ1) is 37.4. The Labute approximate surface area is 242 Å². The lowest BCUT2D eigenvalue weighted by Gasteiger charge is -2.18. The lowest BCUT2D eigenvalue weighted by atomic mass is 10.0. The van der Waals surface area contributed by atoms with E-state index in [1.807, 2.05) is 0 Å². The molecule has 0 rings (SSSR count). The van der Waals surface area contributed by atoms with E-state index in [0.717, 1.165) is 51.4 Å². The van der Waals surface area contributed by atoms with Crippen LogP contribution >= 0.6 is 0 Å². The van der Waals surface area contributed by atoms with Crippen molar-refractivity contribution in [3.05, 3.63) is 24.3 Å². The van der Waals surface area contributed by atoms with E-state index >= 15 is 0 Å². The average Bonchev–Trinajstić information content (AvgIpc) is 2.91. The molecular formula is C35H64O4. The Morgan fingerprint density at radius 2 is 1.00 bits per heavy atom. The Hall–Kier alpha value is -1.58. The molecule has 0 bridgehead atoms. The molecule has 0 saturated carbocycles. The zero-order valence-electron chi connectivity index (χ0n) is 25.9. The Balaban J connectivity index is 3.84. The molecule has 1 unspecified atom stereocenters. The molecule has 1 N–H and O–H groups in total. The molecule has 4 heteroatoms. The smallest absolute Gasteiger partial charge is 0.306 e. The van der Waals surface area contributed by atoms with Gasteiger partial charge in [-0.2, -0.15) is 0 Å². The van der Waals surface area contributed by atoms with Gasteiger partial charge in [-0.05, 0) is 70.6 Å². The van der Waals surface area contributed by atoms with E-state index < -0.39 is 5.97 Å². The van der Waals surface area contributed by atoms with Crippen LogP contribution in [0.1, 0.15) is 181 Å². The summed E-state index contributed by atoms with van der Waals surface area (Å²) in [6.45, 7) is 4.48. The molecule has 0 aromatic rings. The predicted molar refractivity (Wildman–Crippen MR) is 167 cm³/mol. The highest BCUT2D eigenvalue weighted by molar-refractivity contribution is 5.69. The summed E-state index contributed by atoms with van der Waals surface area (Å²) in [4.78, 5) is 23.2. The van der Waals surface area contributed by atoms with Crippen molar-refractivity contribution < 1.29 is 19.4 Å². The zero-order chi connectivity index (χ0) is 28.7. The van der Waals surface area contributed by atoms with Crippen LogP contribution in [0, 0.1) is 0 Å². The number of carbonyl (C=O) groups excluding carboxylic acids is 1. The molecule has 0 saturated heterocycles. The number of carboxylic acids is 1. The summed E-state index contributed by atoms with van der Waals surface area (Å²) in [5.74, 6) is -0.770. The number of unbranched alkanes of at least 4 members (excludes halogenated alkanes) is 17. The molecule has 0 aromatic carbocycles. The summed E-state index contributed by atoms with van der Waals surface area (Å²) in [6.07, 6.45) is 37.6. The minimum atomic E-state index is -0.728. The van der Waals surface area contributed by atoms with Crippen molar-refractivity contribution in [2.75, 3.05) is 0 Å². The Morgan fingerprint density at radius 3 is 1.59 bits per heavy atom. The predicted octanol–water partition coefficient (Wildman–Crippen LogP) is 11.3. The molecule has 1 atom stereocenters. The Kier molecular flexibility index (Phi) is 29.7. The van der Waals surface area contributed by atoms with Crippen LogP contribution < -0.4 is 0 Å². The molecule has 0 fully saturated rings. The summed E-state index contributed by atoms with van der Waals surface area (Å²) < 4.78 is 5.87. The highest BCUT2D eigenvalue weighted by atomic mass is 16.5. The van der Waals surface area contributed by atoms with Crippen LogP contribution in [-0.4, -0.2) is 23.1 Å². The van der Waals surface area contributed by atoms with Gasteiger partial charge in [0.15, 0.2) is 0 Å². The number of esters is 1. The number of ether oxygens (including phenoxy) is 1. The standard InChI is InChI=1S/C35H64O4/c1-3-5-7-9-11-12-13-14-15-16-17-18-19-20-21-23-28-32-35(38)39-33(29-25-22-10-8-6-4-2)30-26-24-27-31-34(36)37/h11-12,14-15,33H,3-10,13,16-32H2,1-2H3,(H,36,37)/b12-11-,15-14-. The van der Waals surface area contributed by atoms with E-state index in [1.165, 1.54) is 96.3 Å². The quantitative estimate of drug-likeness (QED) is 0.0550. The number of allylic oxidation sites excluding steroid dienone is 4. The molecule has 0 aliphatic carbocycles. The zero-order valence-corrected chi connectivity index (χ0v) is 25.9. The summed E-state index contributed by atoms with van der Waals surface area (Å²) >= 11 is 0. The molecule has 0 aliphatic rings. The van der Waals surface area contributed by atoms with Crippen LogP contribution in [0.5, 0.6) is 0 Å². The van der Waals surface area contributed by atoms with Gasteiger partial charge in [0.05, 0.1) is 0 Å². The molecule has 0 aromatic heterocycles. The van der Waals surface area contributed by atoms with Crippen molar-refractivity contribution in [3.8, 4) is 0 Å². The molecule has 4 nitrogen and oxygen atoms in total. The summed E-state index contributed by atoms with van der Waals surface area (Å²) in [5.41, 5.74) is 0. The molecular weight excluding hydrogens is 484 g/mol. The third-order valence-electron chi connectivity index (χ3n) is 7.43. The molecule has 0 amide bonds. The molecule has 0 heterocycles. The van der Waals surface area contributed by atoms with Crippen LogP contribution in [0.25, 0.3) is 0 Å². The Bertz CT molecular complexity index is 595. The van der Waals surface area contributed by atoms with Crippen LogP contribution in [0.4, 0.5) is 0 Å². The van der Waals surface area contributed by atoms with E-state index in [-0.39, 0.29) is 18.5 Å². The number of carbonyl (C=O) groups is 2. The first-order valence-electron chi connectivity index (χ1n) is 16.8. The lowest BCUT2D eigenvalue weighted by molar-refractivity contribution is -0.150. The second kappa shape index (κ2) is 31.0. The first-order chi connectivity index (χ1) is 19.1. The van der Waals surface area contributed by atoms with Crippen LogP contribution in [-0.2, 0) is 14.3 Å². The highest BCUT2D eigenvalue weighted by Crippen LogP contribution is 2.18. The number of rotatable bonds is 30. The van der Waals surface area contributed by atoms with Crippen molar-refractivity contribution in [2.24, 2.45) is 0 Å². The molecule has 39 heavy (non-hydrogen) atoms. The minimum Gasteiger partial charge on any atom is -0.481 e. The molecule has 0 spiro atoms. The van der Waals surface area contributed by atoms with E-state index in [4.69, 9.17) is 9.84 Å². The maximum absolute atomic E-state index is 12.5. The molecule has 228 valence electrons. The third-order valence-corrected chi connectivity index (χ3v) is 7.43. The normalized spacial score (nSPS) is 12.5. The van der Waals surface area contributed by atoms with E-state index in [9.17, 15) is 9.59 Å². The summed E-state index contributed by atoms with van der Waals surface area (Å²) in [5, 5.41) is 8.81. The summed E-state index contributed by atoms with van der Waals surface area (Å²) in [7, 11) is 0. The highest BCUT2D eigenvalue weighted by Gasteiger charge is 2.14. The van der Waals surface area contributed by atoms with Crippen LogP contribution in [0.2, 0.25) is 0 Å². The monoisotopic (exact) mass is 548 g/mol.